The lowest BCUT2D eigenvalue weighted by Crippen LogP contribution is -2.45. The number of benzene rings is 2. The fourth-order valence-corrected chi connectivity index (χ4v) is 4.39. The molecule has 3 rings (SSSR count). The van der Waals surface area contributed by atoms with Crippen LogP contribution in [0.1, 0.15) is 55.7 Å². The second-order valence-electron chi connectivity index (χ2n) is 8.10. The Labute approximate surface area is 180 Å². The second kappa shape index (κ2) is 10.6. The van der Waals surface area contributed by atoms with E-state index in [0.717, 1.165) is 74.7 Å². The topological polar surface area (TPSA) is 32.7 Å². The van der Waals surface area contributed by atoms with Crippen molar-refractivity contribution in [2.45, 2.75) is 51.0 Å². The number of unbranched alkanes of at least 4 members (excludes halogenated alkanes) is 1. The molecule has 3 nitrogen and oxygen atoms in total. The van der Waals surface area contributed by atoms with Gasteiger partial charge in [0.05, 0.1) is 18.8 Å². The van der Waals surface area contributed by atoms with Crippen LogP contribution in [0.3, 0.4) is 0 Å². The van der Waals surface area contributed by atoms with Crippen molar-refractivity contribution in [1.29, 1.82) is 0 Å². The van der Waals surface area contributed by atoms with E-state index in [0.29, 0.717) is 0 Å². The largest absolute Gasteiger partial charge is 0.384 e. The SMILES string of the molecule is CCCCC(O)(c1ccc(CC)cc1)C(CN1CCOCC1)c1ccc(Cl)cc1. The van der Waals surface area contributed by atoms with Gasteiger partial charge in [-0.1, -0.05) is 74.7 Å². The number of halogens is 1. The molecule has 1 aliphatic heterocycles. The fraction of sp³-hybridized carbons (Fsp3) is 0.520. The summed E-state index contributed by atoms with van der Waals surface area (Å²) >= 11 is 6.17. The van der Waals surface area contributed by atoms with E-state index in [1.165, 1.54) is 5.56 Å². The number of rotatable bonds is 9. The van der Waals surface area contributed by atoms with Gasteiger partial charge in [-0.05, 0) is 41.7 Å². The minimum absolute atomic E-state index is 0.0307. The molecule has 29 heavy (non-hydrogen) atoms. The maximum Gasteiger partial charge on any atom is 0.0977 e. The zero-order valence-corrected chi connectivity index (χ0v) is 18.5. The van der Waals surface area contributed by atoms with E-state index in [1.54, 1.807) is 0 Å². The number of nitrogens with zero attached hydrogens (tertiary/aromatic N) is 1. The normalized spacial score (nSPS) is 18.3. The van der Waals surface area contributed by atoms with Gasteiger partial charge in [0, 0.05) is 30.6 Å². The molecular formula is C25H34ClNO2. The van der Waals surface area contributed by atoms with Gasteiger partial charge in [-0.25, -0.2) is 0 Å². The molecule has 0 aromatic heterocycles. The fourth-order valence-electron chi connectivity index (χ4n) is 4.26. The average Bonchev–Trinajstić information content (AvgIpc) is 2.77. The summed E-state index contributed by atoms with van der Waals surface area (Å²) in [6.07, 6.45) is 3.79. The van der Waals surface area contributed by atoms with Crippen LogP contribution in [0.4, 0.5) is 0 Å². The molecule has 0 spiro atoms. The number of aliphatic hydroxyl groups is 1. The summed E-state index contributed by atoms with van der Waals surface area (Å²) in [5.41, 5.74) is 2.52. The Morgan fingerprint density at radius 3 is 2.28 bits per heavy atom. The van der Waals surface area contributed by atoms with Gasteiger partial charge in [0.2, 0.25) is 0 Å². The molecule has 0 radical (unpaired) electrons. The summed E-state index contributed by atoms with van der Waals surface area (Å²) in [6, 6.07) is 16.6. The zero-order valence-electron chi connectivity index (χ0n) is 17.7. The molecule has 158 valence electrons. The summed E-state index contributed by atoms with van der Waals surface area (Å²) in [7, 11) is 0. The van der Waals surface area contributed by atoms with Crippen LogP contribution in [0.2, 0.25) is 5.02 Å². The van der Waals surface area contributed by atoms with Gasteiger partial charge in [0.25, 0.3) is 0 Å². The van der Waals surface area contributed by atoms with Crippen molar-refractivity contribution >= 4 is 11.6 Å². The summed E-state index contributed by atoms with van der Waals surface area (Å²) in [6.45, 7) is 8.47. The molecule has 2 atom stereocenters. The van der Waals surface area contributed by atoms with E-state index in [9.17, 15) is 5.11 Å². The molecule has 2 unspecified atom stereocenters. The van der Waals surface area contributed by atoms with Gasteiger partial charge >= 0.3 is 0 Å². The Balaban J connectivity index is 2.00. The van der Waals surface area contributed by atoms with Crippen LogP contribution >= 0.6 is 11.6 Å². The van der Waals surface area contributed by atoms with Gasteiger partial charge in [-0.15, -0.1) is 0 Å². The van der Waals surface area contributed by atoms with Gasteiger partial charge in [-0.3, -0.25) is 4.90 Å². The highest BCUT2D eigenvalue weighted by atomic mass is 35.5. The van der Waals surface area contributed by atoms with Crippen molar-refractivity contribution in [2.75, 3.05) is 32.8 Å². The predicted octanol–water partition coefficient (Wildman–Crippen LogP) is 5.40. The molecule has 1 heterocycles. The van der Waals surface area contributed by atoms with Crippen LogP contribution in [0.5, 0.6) is 0 Å². The Morgan fingerprint density at radius 2 is 1.69 bits per heavy atom. The van der Waals surface area contributed by atoms with Gasteiger partial charge in [0.15, 0.2) is 0 Å². The van der Waals surface area contributed by atoms with E-state index in [1.807, 2.05) is 12.1 Å². The molecule has 1 N–H and O–H groups in total. The number of aryl methyl sites for hydroxylation is 1. The van der Waals surface area contributed by atoms with E-state index in [2.05, 4.69) is 55.1 Å². The number of hydrogen-bond donors (Lipinski definition) is 1. The lowest BCUT2D eigenvalue weighted by atomic mass is 9.73. The van der Waals surface area contributed by atoms with Crippen molar-refractivity contribution in [3.05, 3.63) is 70.2 Å². The van der Waals surface area contributed by atoms with Gasteiger partial charge < -0.3 is 9.84 Å². The van der Waals surface area contributed by atoms with Crippen LogP contribution in [0.15, 0.2) is 48.5 Å². The Morgan fingerprint density at radius 1 is 1.03 bits per heavy atom. The third-order valence-electron chi connectivity index (χ3n) is 6.17. The van der Waals surface area contributed by atoms with Crippen LogP contribution in [-0.4, -0.2) is 42.9 Å². The summed E-state index contributed by atoms with van der Waals surface area (Å²) in [5, 5.41) is 12.9. The third-order valence-corrected chi connectivity index (χ3v) is 6.42. The second-order valence-corrected chi connectivity index (χ2v) is 8.53. The molecule has 2 aromatic carbocycles. The maximum absolute atomic E-state index is 12.2. The number of morpholine rings is 1. The monoisotopic (exact) mass is 415 g/mol. The molecule has 2 aromatic rings. The van der Waals surface area contributed by atoms with Crippen molar-refractivity contribution in [2.24, 2.45) is 0 Å². The van der Waals surface area contributed by atoms with Crippen molar-refractivity contribution in [1.82, 2.24) is 4.90 Å². The predicted molar refractivity (Wildman–Crippen MR) is 121 cm³/mol. The highest BCUT2D eigenvalue weighted by molar-refractivity contribution is 6.30. The van der Waals surface area contributed by atoms with E-state index in [-0.39, 0.29) is 5.92 Å². The molecule has 1 aliphatic rings. The van der Waals surface area contributed by atoms with E-state index >= 15 is 0 Å². The first-order chi connectivity index (χ1) is 14.1. The zero-order chi connectivity index (χ0) is 20.7. The average molecular weight is 416 g/mol. The maximum atomic E-state index is 12.2. The molecule has 0 bridgehead atoms. The first-order valence-corrected chi connectivity index (χ1v) is 11.3. The standard InChI is InChI=1S/C25H34ClNO2/c1-3-5-14-25(28,22-10-6-20(4-2)7-11-22)24(19-27-15-17-29-18-16-27)21-8-12-23(26)13-9-21/h6-13,24,28H,3-5,14-19H2,1-2H3. The molecule has 0 saturated carbocycles. The summed E-state index contributed by atoms with van der Waals surface area (Å²) in [4.78, 5) is 2.42. The van der Waals surface area contributed by atoms with E-state index in [4.69, 9.17) is 16.3 Å². The minimum atomic E-state index is -0.922. The van der Waals surface area contributed by atoms with Crippen LogP contribution in [0, 0.1) is 0 Å². The summed E-state index contributed by atoms with van der Waals surface area (Å²) in [5.74, 6) is -0.0307. The van der Waals surface area contributed by atoms with Crippen molar-refractivity contribution < 1.29 is 9.84 Å². The number of ether oxygens (including phenoxy) is 1. The first-order valence-electron chi connectivity index (χ1n) is 10.9. The van der Waals surface area contributed by atoms with Gasteiger partial charge in [-0.2, -0.15) is 0 Å². The Bertz CT molecular complexity index is 740. The minimum Gasteiger partial charge on any atom is -0.384 e. The van der Waals surface area contributed by atoms with E-state index < -0.39 is 5.60 Å². The first kappa shape index (κ1) is 22.3. The quantitative estimate of drug-likeness (QED) is 0.595. The van der Waals surface area contributed by atoms with Crippen LogP contribution < -0.4 is 0 Å². The van der Waals surface area contributed by atoms with Crippen molar-refractivity contribution in [3.63, 3.8) is 0 Å². The molecule has 1 fully saturated rings. The van der Waals surface area contributed by atoms with Crippen LogP contribution in [-0.2, 0) is 16.8 Å². The molecule has 1 saturated heterocycles. The summed E-state index contributed by atoms with van der Waals surface area (Å²) < 4.78 is 5.54. The molecule has 4 heteroatoms. The molecule has 0 aliphatic carbocycles. The van der Waals surface area contributed by atoms with Crippen molar-refractivity contribution in [3.8, 4) is 0 Å². The lowest BCUT2D eigenvalue weighted by molar-refractivity contribution is -0.0293. The molecular weight excluding hydrogens is 382 g/mol. The Hall–Kier alpha value is -1.39. The highest BCUT2D eigenvalue weighted by Gasteiger charge is 2.40. The third kappa shape index (κ3) is 5.61. The Kier molecular flexibility index (Phi) is 8.14. The smallest absolute Gasteiger partial charge is 0.0977 e. The lowest BCUT2D eigenvalue weighted by Gasteiger charge is -2.41. The van der Waals surface area contributed by atoms with Gasteiger partial charge in [0.1, 0.15) is 0 Å². The number of hydrogen-bond acceptors (Lipinski definition) is 3. The van der Waals surface area contributed by atoms with Crippen LogP contribution in [0.25, 0.3) is 0 Å². The highest BCUT2D eigenvalue weighted by Crippen LogP contribution is 2.42. The molecule has 0 amide bonds.